The zero-order chi connectivity index (χ0) is 7.78. The van der Waals surface area contributed by atoms with E-state index in [0.29, 0.717) is 0 Å². The van der Waals surface area contributed by atoms with Crippen molar-refractivity contribution in [3.05, 3.63) is 0 Å². The van der Waals surface area contributed by atoms with Crippen LogP contribution in [-0.2, 0) is 9.53 Å². The third kappa shape index (κ3) is 2.15. The predicted octanol–water partition coefficient (Wildman–Crippen LogP) is 0.318. The highest BCUT2D eigenvalue weighted by Crippen LogP contribution is 2.31. The average molecular weight is 167 g/mol. The lowest BCUT2D eigenvalue weighted by Crippen LogP contribution is -2.33. The molecule has 0 radical (unpaired) electrons. The van der Waals surface area contributed by atoms with E-state index in [0.717, 1.165) is 12.8 Å². The molecule has 1 rings (SSSR count). The molecule has 0 saturated heterocycles. The third-order valence-corrected chi connectivity index (χ3v) is 1.44. The third-order valence-electron chi connectivity index (χ3n) is 1.44. The average Bonchev–Trinajstić information content (AvgIpc) is 2.66. The lowest BCUT2D eigenvalue weighted by Gasteiger charge is -2.05. The maximum atomic E-state index is 10.8. The van der Waals surface area contributed by atoms with Gasteiger partial charge in [0.1, 0.15) is 6.02 Å². The van der Waals surface area contributed by atoms with E-state index in [-0.39, 0.29) is 18.3 Å². The first-order valence-electron chi connectivity index (χ1n) is 3.46. The Morgan fingerprint density at radius 2 is 2.40 bits per heavy atom. The highest BCUT2D eigenvalue weighted by molar-refractivity contribution is 5.85. The molecule has 1 aliphatic carbocycles. The van der Waals surface area contributed by atoms with Crippen LogP contribution in [0, 0.1) is 5.92 Å². The molecule has 0 aromatic carbocycles. The van der Waals surface area contributed by atoms with E-state index in [1.54, 1.807) is 0 Å². The van der Waals surface area contributed by atoms with Gasteiger partial charge < -0.3 is 10.5 Å². The van der Waals surface area contributed by atoms with Gasteiger partial charge in [-0.05, 0) is 18.8 Å². The Morgan fingerprint density at radius 1 is 1.90 bits per heavy atom. The first-order chi connectivity index (χ1) is 4.59. The number of halogens is 1. The second-order valence-electron chi connectivity index (χ2n) is 2.22. The van der Waals surface area contributed by atoms with Crippen LogP contribution in [0.1, 0.15) is 14.2 Å². The van der Waals surface area contributed by atoms with Crippen molar-refractivity contribution >= 4 is 18.4 Å². The Bertz CT molecular complexity index is 159. The van der Waals surface area contributed by atoms with E-state index in [9.17, 15) is 4.79 Å². The van der Waals surface area contributed by atoms with Gasteiger partial charge in [-0.25, -0.2) is 0 Å². The summed E-state index contributed by atoms with van der Waals surface area (Å²) in [5, 5.41) is 0. The number of ether oxygens (including phenoxy) is 1. The van der Waals surface area contributed by atoms with Crippen molar-refractivity contribution in [3.8, 4) is 0 Å². The van der Waals surface area contributed by atoms with E-state index in [1.807, 2.05) is 0 Å². The van der Waals surface area contributed by atoms with Crippen LogP contribution in [0.3, 0.4) is 0 Å². The van der Waals surface area contributed by atoms with Crippen molar-refractivity contribution in [1.82, 2.24) is 0 Å². The number of esters is 1. The number of methoxy groups -OCH3 is 1. The molecule has 0 aromatic rings. The van der Waals surface area contributed by atoms with Gasteiger partial charge in [0.15, 0.2) is 0 Å². The zero-order valence-corrected chi connectivity index (χ0v) is 6.61. The van der Waals surface area contributed by atoms with Crippen LogP contribution in [-0.4, -0.2) is 19.1 Å². The van der Waals surface area contributed by atoms with E-state index >= 15 is 0 Å². The number of rotatable bonds is 2. The molecule has 1 saturated carbocycles. The summed E-state index contributed by atoms with van der Waals surface area (Å²) in [6.07, 6.45) is 1.74. The molecule has 1 aliphatic rings. The highest BCUT2D eigenvalue weighted by Gasteiger charge is 2.33. The molecule has 1 unspecified atom stereocenters. The molecule has 0 amide bonds. The van der Waals surface area contributed by atoms with E-state index in [2.05, 4.69) is 4.74 Å². The number of carbonyl (C=O) groups is 1. The second-order valence-corrected chi connectivity index (χ2v) is 2.22. The quantitative estimate of drug-likeness (QED) is 0.602. The Kier molecular flexibility index (Phi) is 2.96. The van der Waals surface area contributed by atoms with Crippen LogP contribution in [0.25, 0.3) is 0 Å². The number of nitrogens with two attached hydrogens (primary N) is 1. The Morgan fingerprint density at radius 3 is 2.70 bits per heavy atom. The minimum atomic E-state index is -1.49. The highest BCUT2D eigenvalue weighted by atomic mass is 35.5. The van der Waals surface area contributed by atoms with Gasteiger partial charge in [0, 0.05) is 0 Å². The summed E-state index contributed by atoms with van der Waals surface area (Å²) < 4.78 is 11.7. The largest absolute Gasteiger partial charge is 0.468 e. The van der Waals surface area contributed by atoms with E-state index < -0.39 is 12.0 Å². The van der Waals surface area contributed by atoms with Crippen LogP contribution < -0.4 is 5.73 Å². The maximum Gasteiger partial charge on any atom is 0.322 e. The second kappa shape index (κ2) is 3.78. The smallest absolute Gasteiger partial charge is 0.322 e. The van der Waals surface area contributed by atoms with Crippen LogP contribution in [0.2, 0.25) is 0 Å². The first kappa shape index (κ1) is 7.82. The number of hydrogen-bond donors (Lipinski definition) is 1. The molecule has 0 heterocycles. The van der Waals surface area contributed by atoms with Crippen LogP contribution in [0.5, 0.6) is 0 Å². The van der Waals surface area contributed by atoms with Gasteiger partial charge in [-0.3, -0.25) is 4.79 Å². The van der Waals surface area contributed by atoms with Gasteiger partial charge in [0.25, 0.3) is 0 Å². The fourth-order valence-corrected chi connectivity index (χ4v) is 0.679. The minimum absolute atomic E-state index is 0. The van der Waals surface area contributed by atoms with Crippen molar-refractivity contribution in [1.29, 1.82) is 0 Å². The van der Waals surface area contributed by atoms with Crippen molar-refractivity contribution in [2.45, 2.75) is 18.9 Å². The summed E-state index contributed by atoms with van der Waals surface area (Å²) in [7, 11) is 1.25. The molecular formula is C6H12ClNO2. The molecule has 0 spiro atoms. The molecule has 0 aromatic heterocycles. The lowest BCUT2D eigenvalue weighted by molar-refractivity contribution is -0.142. The van der Waals surface area contributed by atoms with Crippen LogP contribution in [0.4, 0.5) is 0 Å². The van der Waals surface area contributed by atoms with Gasteiger partial charge in [-0.15, -0.1) is 12.4 Å². The van der Waals surface area contributed by atoms with Gasteiger partial charge in [0.2, 0.25) is 0 Å². The molecule has 60 valence electrons. The fourth-order valence-electron chi connectivity index (χ4n) is 0.679. The Balaban J connectivity index is 0.000001000. The lowest BCUT2D eigenvalue weighted by atomic mass is 10.2. The van der Waals surface area contributed by atoms with E-state index in [1.165, 1.54) is 7.11 Å². The summed E-state index contributed by atoms with van der Waals surface area (Å²) >= 11 is 0. The standard InChI is InChI=1S/C6H11NO2.ClH/c1-9-6(8)5(7)4-2-3-4;/h4-5H,2-3,7H2,1H3;1H/i5D;. The normalized spacial score (nSPS) is 23.6. The van der Waals surface area contributed by atoms with Gasteiger partial charge in [0.05, 0.1) is 8.48 Å². The molecule has 1 atom stereocenters. The predicted molar refractivity (Wildman–Crippen MR) is 40.0 cm³/mol. The Hall–Kier alpha value is -0.280. The van der Waals surface area contributed by atoms with Crippen molar-refractivity contribution in [3.63, 3.8) is 0 Å². The summed E-state index contributed by atoms with van der Waals surface area (Å²) in [6, 6.07) is -1.49. The molecule has 3 nitrogen and oxygen atoms in total. The molecule has 0 aliphatic heterocycles. The van der Waals surface area contributed by atoms with Crippen molar-refractivity contribution in [2.75, 3.05) is 7.11 Å². The minimum Gasteiger partial charge on any atom is -0.468 e. The summed E-state index contributed by atoms with van der Waals surface area (Å²) in [6.45, 7) is 0. The fraction of sp³-hybridized carbons (Fsp3) is 0.833. The molecule has 4 heteroatoms. The summed E-state index contributed by atoms with van der Waals surface area (Å²) in [5.41, 5.74) is 5.37. The molecule has 0 bridgehead atoms. The molecule has 10 heavy (non-hydrogen) atoms. The van der Waals surface area contributed by atoms with Crippen LogP contribution >= 0.6 is 12.4 Å². The topological polar surface area (TPSA) is 52.3 Å². The molecular weight excluding hydrogens is 154 g/mol. The zero-order valence-electron chi connectivity index (χ0n) is 6.79. The monoisotopic (exact) mass is 166 g/mol. The molecule has 2 N–H and O–H groups in total. The van der Waals surface area contributed by atoms with E-state index in [4.69, 9.17) is 7.10 Å². The first-order valence-corrected chi connectivity index (χ1v) is 2.96. The van der Waals surface area contributed by atoms with Gasteiger partial charge >= 0.3 is 5.97 Å². The summed E-state index contributed by atoms with van der Waals surface area (Å²) in [5.74, 6) is -0.616. The maximum absolute atomic E-state index is 10.8. The SMILES string of the molecule is Cl.[2H]C(N)(C(=O)OC)C1CC1. The van der Waals surface area contributed by atoms with Gasteiger partial charge in [-0.2, -0.15) is 0 Å². The van der Waals surface area contributed by atoms with Crippen molar-refractivity contribution < 1.29 is 10.9 Å². The number of carbonyl (C=O) groups excluding carboxylic acids is 1. The summed E-state index contributed by atoms with van der Waals surface area (Å²) in [4.78, 5) is 10.8. The van der Waals surface area contributed by atoms with Crippen molar-refractivity contribution in [2.24, 2.45) is 11.7 Å². The number of hydrogen-bond acceptors (Lipinski definition) is 3. The Labute approximate surface area is 67.7 Å². The van der Waals surface area contributed by atoms with Gasteiger partial charge in [-0.1, -0.05) is 0 Å². The molecule has 1 fully saturated rings. The van der Waals surface area contributed by atoms with Crippen LogP contribution in [0.15, 0.2) is 0 Å².